The van der Waals surface area contributed by atoms with Crippen LogP contribution in [0.1, 0.15) is 12.8 Å². The summed E-state index contributed by atoms with van der Waals surface area (Å²) in [5.41, 5.74) is 0. The molecule has 0 radical (unpaired) electrons. The molecule has 1 rings (SSSR count). The average Bonchev–Trinajstić information content (AvgIpc) is 2.18. The number of hydrogen-bond acceptors (Lipinski definition) is 3. The van der Waals surface area contributed by atoms with Gasteiger partial charge in [0.25, 0.3) is 0 Å². The second-order valence-corrected chi connectivity index (χ2v) is 3.76. The van der Waals surface area contributed by atoms with Gasteiger partial charge in [0.2, 0.25) is 11.2 Å². The van der Waals surface area contributed by atoms with Crippen LogP contribution in [0.5, 0.6) is 5.88 Å². The van der Waals surface area contributed by atoms with Gasteiger partial charge in [-0.2, -0.15) is 4.98 Å². The van der Waals surface area contributed by atoms with E-state index in [1.54, 1.807) is 6.20 Å². The Balaban J connectivity index is 2.49. The van der Waals surface area contributed by atoms with Gasteiger partial charge in [0.15, 0.2) is 0 Å². The molecule has 3 nitrogen and oxygen atoms in total. The van der Waals surface area contributed by atoms with Crippen LogP contribution in [0.2, 0.25) is 5.28 Å². The summed E-state index contributed by atoms with van der Waals surface area (Å²) in [4.78, 5) is 7.72. The van der Waals surface area contributed by atoms with Crippen LogP contribution in [0.25, 0.3) is 0 Å². The van der Waals surface area contributed by atoms with Crippen LogP contribution in [0, 0.1) is 0 Å². The molecule has 0 saturated heterocycles. The first kappa shape index (κ1) is 11.5. The molecule has 0 spiro atoms. The molecule has 0 atom stereocenters. The molecule has 5 heteroatoms. The molecule has 14 heavy (non-hydrogen) atoms. The summed E-state index contributed by atoms with van der Waals surface area (Å²) >= 11 is 8.89. The van der Waals surface area contributed by atoms with Crippen LogP contribution in [0.4, 0.5) is 0 Å². The predicted octanol–water partition coefficient (Wildman–Crippen LogP) is 3.24. The summed E-state index contributed by atoms with van der Waals surface area (Å²) in [5.74, 6) is 0.481. The number of hydrogen-bond donors (Lipinski definition) is 0. The zero-order valence-corrected chi connectivity index (χ0v) is 9.88. The zero-order chi connectivity index (χ0) is 10.4. The fourth-order valence-corrected chi connectivity index (χ4v) is 1.26. The highest BCUT2D eigenvalue weighted by Gasteiger charge is 2.03. The van der Waals surface area contributed by atoms with Crippen LogP contribution in [0.3, 0.4) is 0 Å². The lowest BCUT2D eigenvalue weighted by atomic mass is 10.3. The standard InChI is InChI=1S/C9H10BrClN2O/c1-2-3-4-5-14-8-7(10)6-12-9(11)13-8/h2,6H,1,3-5H2. The first-order valence-corrected chi connectivity index (χ1v) is 5.33. The Morgan fingerprint density at radius 1 is 1.64 bits per heavy atom. The van der Waals surface area contributed by atoms with E-state index in [0.29, 0.717) is 17.0 Å². The molecular weight excluding hydrogens is 267 g/mol. The van der Waals surface area contributed by atoms with Crippen molar-refractivity contribution in [1.29, 1.82) is 0 Å². The Morgan fingerprint density at radius 3 is 3.14 bits per heavy atom. The van der Waals surface area contributed by atoms with E-state index < -0.39 is 0 Å². The number of unbranched alkanes of at least 4 members (excludes halogenated alkanes) is 1. The Morgan fingerprint density at radius 2 is 2.43 bits per heavy atom. The maximum atomic E-state index is 5.62. The van der Waals surface area contributed by atoms with Crippen molar-refractivity contribution >= 4 is 27.5 Å². The van der Waals surface area contributed by atoms with Crippen LogP contribution < -0.4 is 4.74 Å². The number of aromatic nitrogens is 2. The lowest BCUT2D eigenvalue weighted by molar-refractivity contribution is 0.297. The Labute approximate surface area is 96.3 Å². The van der Waals surface area contributed by atoms with Crippen LogP contribution in [-0.2, 0) is 0 Å². The molecule has 0 amide bonds. The molecule has 0 aromatic carbocycles. The fraction of sp³-hybridized carbons (Fsp3) is 0.333. The normalized spacial score (nSPS) is 9.86. The molecule has 1 aromatic heterocycles. The van der Waals surface area contributed by atoms with E-state index in [1.165, 1.54) is 0 Å². The molecule has 0 bridgehead atoms. The molecule has 76 valence electrons. The minimum atomic E-state index is 0.187. The highest BCUT2D eigenvalue weighted by Crippen LogP contribution is 2.22. The highest BCUT2D eigenvalue weighted by molar-refractivity contribution is 9.10. The zero-order valence-electron chi connectivity index (χ0n) is 7.54. The molecule has 1 heterocycles. The van der Waals surface area contributed by atoms with E-state index >= 15 is 0 Å². The number of rotatable bonds is 5. The van der Waals surface area contributed by atoms with Gasteiger partial charge < -0.3 is 4.74 Å². The third kappa shape index (κ3) is 3.64. The molecule has 0 aliphatic heterocycles. The lowest BCUT2D eigenvalue weighted by Crippen LogP contribution is -2.00. The summed E-state index contributed by atoms with van der Waals surface area (Å²) < 4.78 is 6.10. The summed E-state index contributed by atoms with van der Waals surface area (Å²) in [7, 11) is 0. The number of ether oxygens (including phenoxy) is 1. The molecule has 0 N–H and O–H groups in total. The van der Waals surface area contributed by atoms with E-state index in [9.17, 15) is 0 Å². The molecule has 0 saturated carbocycles. The SMILES string of the molecule is C=CCCCOc1nc(Cl)ncc1Br. The summed E-state index contributed by atoms with van der Waals surface area (Å²) in [6.07, 6.45) is 5.26. The minimum Gasteiger partial charge on any atom is -0.477 e. The van der Waals surface area contributed by atoms with Crippen molar-refractivity contribution in [3.63, 3.8) is 0 Å². The Hall–Kier alpha value is -0.610. The Kier molecular flexibility index (Phi) is 4.90. The monoisotopic (exact) mass is 276 g/mol. The van der Waals surface area contributed by atoms with Gasteiger partial charge in [-0.15, -0.1) is 6.58 Å². The molecule has 0 unspecified atom stereocenters. The largest absolute Gasteiger partial charge is 0.477 e. The molecule has 0 aliphatic carbocycles. The van der Waals surface area contributed by atoms with Gasteiger partial charge in [-0.3, -0.25) is 0 Å². The highest BCUT2D eigenvalue weighted by atomic mass is 79.9. The number of allylic oxidation sites excluding steroid dienone is 1. The fourth-order valence-electron chi connectivity index (χ4n) is 0.829. The summed E-state index contributed by atoms with van der Waals surface area (Å²) in [6.45, 7) is 4.22. The van der Waals surface area contributed by atoms with E-state index in [1.807, 2.05) is 6.08 Å². The van der Waals surface area contributed by atoms with Crippen molar-refractivity contribution in [2.45, 2.75) is 12.8 Å². The maximum absolute atomic E-state index is 5.62. The van der Waals surface area contributed by atoms with Crippen LogP contribution in [0.15, 0.2) is 23.3 Å². The topological polar surface area (TPSA) is 35.0 Å². The van der Waals surface area contributed by atoms with Gasteiger partial charge in [-0.25, -0.2) is 4.98 Å². The van der Waals surface area contributed by atoms with Gasteiger partial charge in [0, 0.05) is 6.20 Å². The second kappa shape index (κ2) is 5.98. The van der Waals surface area contributed by atoms with Crippen molar-refractivity contribution in [2.75, 3.05) is 6.61 Å². The van der Waals surface area contributed by atoms with Crippen LogP contribution in [-0.4, -0.2) is 16.6 Å². The quantitative estimate of drug-likeness (QED) is 0.471. The first-order valence-electron chi connectivity index (χ1n) is 4.15. The number of halogens is 2. The van der Waals surface area contributed by atoms with Crippen molar-refractivity contribution < 1.29 is 4.74 Å². The minimum absolute atomic E-state index is 0.187. The van der Waals surface area contributed by atoms with Gasteiger partial charge in [0.1, 0.15) is 0 Å². The van der Waals surface area contributed by atoms with Gasteiger partial charge >= 0.3 is 0 Å². The Bertz CT molecular complexity index is 320. The van der Waals surface area contributed by atoms with Gasteiger partial charge in [-0.05, 0) is 40.4 Å². The lowest BCUT2D eigenvalue weighted by Gasteiger charge is -2.05. The van der Waals surface area contributed by atoms with E-state index in [4.69, 9.17) is 16.3 Å². The van der Waals surface area contributed by atoms with E-state index in [-0.39, 0.29) is 5.28 Å². The molecule has 0 aliphatic rings. The first-order chi connectivity index (χ1) is 6.74. The molecule has 1 aromatic rings. The third-order valence-electron chi connectivity index (χ3n) is 1.47. The van der Waals surface area contributed by atoms with Crippen molar-refractivity contribution in [3.05, 3.63) is 28.6 Å². The van der Waals surface area contributed by atoms with E-state index in [2.05, 4.69) is 32.5 Å². The van der Waals surface area contributed by atoms with E-state index in [0.717, 1.165) is 12.8 Å². The molecule has 0 fully saturated rings. The van der Waals surface area contributed by atoms with Crippen LogP contribution >= 0.6 is 27.5 Å². The van der Waals surface area contributed by atoms with Gasteiger partial charge in [-0.1, -0.05) is 6.08 Å². The predicted molar refractivity (Wildman–Crippen MR) is 59.7 cm³/mol. The van der Waals surface area contributed by atoms with Gasteiger partial charge in [0.05, 0.1) is 11.1 Å². The molecular formula is C9H10BrClN2O. The van der Waals surface area contributed by atoms with Crippen molar-refractivity contribution in [2.24, 2.45) is 0 Å². The summed E-state index contributed by atoms with van der Waals surface area (Å²) in [6, 6.07) is 0. The number of nitrogens with zero attached hydrogens (tertiary/aromatic N) is 2. The maximum Gasteiger partial charge on any atom is 0.232 e. The van der Waals surface area contributed by atoms with Crippen molar-refractivity contribution in [3.8, 4) is 5.88 Å². The van der Waals surface area contributed by atoms with Crippen molar-refractivity contribution in [1.82, 2.24) is 9.97 Å². The third-order valence-corrected chi connectivity index (χ3v) is 2.20. The summed E-state index contributed by atoms with van der Waals surface area (Å²) in [5, 5.41) is 0.187. The smallest absolute Gasteiger partial charge is 0.232 e. The second-order valence-electron chi connectivity index (χ2n) is 2.57. The average molecular weight is 278 g/mol.